The Morgan fingerprint density at radius 2 is 1.73 bits per heavy atom. The van der Waals surface area contributed by atoms with Crippen LogP contribution in [0, 0.1) is 11.6 Å². The number of rotatable bonds is 5. The summed E-state index contributed by atoms with van der Waals surface area (Å²) in [4.78, 5) is 40.3. The summed E-state index contributed by atoms with van der Waals surface area (Å²) in [6.45, 7) is 0. The van der Waals surface area contributed by atoms with E-state index >= 15 is 0 Å². The molecule has 10 nitrogen and oxygen atoms in total. The number of hydrogen-bond donors (Lipinski definition) is 1. The summed E-state index contributed by atoms with van der Waals surface area (Å²) in [5, 5.41) is 1.80. The molecule has 3 rings (SSSR count). The van der Waals surface area contributed by atoms with Crippen LogP contribution in [0.5, 0.6) is 0 Å². The molecule has 0 saturated carbocycles. The van der Waals surface area contributed by atoms with Gasteiger partial charge in [0.15, 0.2) is 22.8 Å². The lowest BCUT2D eigenvalue weighted by Gasteiger charge is -2.08. The van der Waals surface area contributed by atoms with Gasteiger partial charge in [-0.1, -0.05) is 0 Å². The van der Waals surface area contributed by atoms with Crippen molar-refractivity contribution in [3.05, 3.63) is 50.7 Å². The molecule has 0 fully saturated rings. The maximum atomic E-state index is 13.2. The largest absolute Gasteiger partial charge is 0.332 e. The van der Waals surface area contributed by atoms with Crippen LogP contribution in [0.2, 0.25) is 0 Å². The Labute approximate surface area is 168 Å². The number of anilines is 1. The third-order valence-corrected chi connectivity index (χ3v) is 6.17. The van der Waals surface area contributed by atoms with Gasteiger partial charge in [-0.25, -0.2) is 27.0 Å². The number of carbonyl (C=O) groups excluding carboxylic acids is 1. The van der Waals surface area contributed by atoms with Crippen molar-refractivity contribution in [1.29, 1.82) is 0 Å². The van der Waals surface area contributed by atoms with Crippen molar-refractivity contribution in [2.75, 3.05) is 11.1 Å². The minimum Gasteiger partial charge on any atom is -0.326 e. The smallest absolute Gasteiger partial charge is 0.326 e. The lowest BCUT2D eigenvalue weighted by molar-refractivity contribution is -0.115. The van der Waals surface area contributed by atoms with E-state index in [2.05, 4.69) is 10.3 Å². The van der Waals surface area contributed by atoms with Gasteiger partial charge in [-0.15, -0.1) is 0 Å². The van der Waals surface area contributed by atoms with Gasteiger partial charge in [0, 0.05) is 39.3 Å². The molecule has 2 heterocycles. The van der Waals surface area contributed by atoms with Crippen LogP contribution in [0.3, 0.4) is 0 Å². The number of imidazole rings is 1. The number of amides is 1. The lowest BCUT2D eigenvalue weighted by Crippen LogP contribution is -2.37. The molecular formula is C17H17F2N5O5S. The zero-order chi connectivity index (χ0) is 22.4. The van der Waals surface area contributed by atoms with Gasteiger partial charge in [-0.2, -0.15) is 0 Å². The fraction of sp³-hybridized carbons (Fsp3) is 0.294. The number of nitrogens with one attached hydrogen (secondary N) is 1. The second kappa shape index (κ2) is 7.48. The number of benzene rings is 1. The summed E-state index contributed by atoms with van der Waals surface area (Å²) >= 11 is 0. The number of sulfone groups is 1. The Kier molecular flexibility index (Phi) is 5.33. The van der Waals surface area contributed by atoms with E-state index in [9.17, 15) is 31.6 Å². The molecule has 0 aliphatic carbocycles. The second-order valence-corrected chi connectivity index (χ2v) is 8.58. The molecule has 0 aliphatic rings. The van der Waals surface area contributed by atoms with Gasteiger partial charge >= 0.3 is 5.69 Å². The van der Waals surface area contributed by atoms with E-state index in [4.69, 9.17) is 0 Å². The summed E-state index contributed by atoms with van der Waals surface area (Å²) in [5.41, 5.74) is -1.61. The van der Waals surface area contributed by atoms with Crippen molar-refractivity contribution in [3.8, 4) is 0 Å². The average Bonchev–Trinajstić information content (AvgIpc) is 3.04. The molecule has 0 bridgehead atoms. The molecule has 160 valence electrons. The van der Waals surface area contributed by atoms with Crippen LogP contribution in [0.25, 0.3) is 11.2 Å². The van der Waals surface area contributed by atoms with Gasteiger partial charge in [-0.05, 0) is 12.1 Å². The molecule has 1 aromatic carbocycles. The van der Waals surface area contributed by atoms with E-state index in [1.807, 2.05) is 0 Å². The molecule has 30 heavy (non-hydrogen) atoms. The molecule has 0 radical (unpaired) electrons. The van der Waals surface area contributed by atoms with Gasteiger partial charge in [0.1, 0.15) is 0 Å². The molecule has 0 atom stereocenters. The SMILES string of the molecule is Cn1c(=O)c2nc(S(=O)(=O)CCC(=O)Nc3ccc(F)c(F)c3)n(C)c2n(C)c1=O. The van der Waals surface area contributed by atoms with Crippen molar-refractivity contribution in [3.63, 3.8) is 0 Å². The average molecular weight is 441 g/mol. The first-order valence-corrected chi connectivity index (χ1v) is 10.2. The number of fused-ring (bicyclic) bond motifs is 1. The number of aromatic nitrogens is 4. The second-order valence-electron chi connectivity index (χ2n) is 6.58. The first kappa shape index (κ1) is 21.4. The van der Waals surface area contributed by atoms with E-state index in [0.717, 1.165) is 31.9 Å². The highest BCUT2D eigenvalue weighted by atomic mass is 32.2. The predicted molar refractivity (Wildman–Crippen MR) is 103 cm³/mol. The zero-order valence-corrected chi connectivity index (χ0v) is 17.0. The van der Waals surface area contributed by atoms with Crippen molar-refractivity contribution in [2.24, 2.45) is 21.1 Å². The van der Waals surface area contributed by atoms with Gasteiger partial charge in [-0.3, -0.25) is 18.7 Å². The van der Waals surface area contributed by atoms with Crippen molar-refractivity contribution in [2.45, 2.75) is 11.6 Å². The van der Waals surface area contributed by atoms with Gasteiger partial charge in [0.25, 0.3) is 5.56 Å². The highest BCUT2D eigenvalue weighted by Gasteiger charge is 2.26. The molecule has 2 aromatic heterocycles. The first-order chi connectivity index (χ1) is 13.9. The Hall–Kier alpha value is -3.35. The van der Waals surface area contributed by atoms with E-state index in [1.54, 1.807) is 0 Å². The maximum Gasteiger partial charge on any atom is 0.332 e. The summed E-state index contributed by atoms with van der Waals surface area (Å²) in [6, 6.07) is 2.72. The van der Waals surface area contributed by atoms with E-state index in [1.165, 1.54) is 21.1 Å². The fourth-order valence-corrected chi connectivity index (χ4v) is 4.32. The van der Waals surface area contributed by atoms with Crippen LogP contribution in [-0.4, -0.2) is 38.8 Å². The monoisotopic (exact) mass is 441 g/mol. The standard InChI is InChI=1S/C17H17F2N5O5S/c1-22-14-13(15(26)24(3)17(27)23(14)2)21-16(22)30(28,29)7-6-12(25)20-9-4-5-10(18)11(19)8-9/h4-5,8H,6-7H2,1-3H3,(H,20,25). The molecular weight excluding hydrogens is 424 g/mol. The van der Waals surface area contributed by atoms with Crippen molar-refractivity contribution in [1.82, 2.24) is 18.7 Å². The lowest BCUT2D eigenvalue weighted by atomic mass is 10.3. The minimum absolute atomic E-state index is 0.0212. The Bertz CT molecular complexity index is 1400. The fourth-order valence-electron chi connectivity index (χ4n) is 2.95. The van der Waals surface area contributed by atoms with E-state index < -0.39 is 56.0 Å². The van der Waals surface area contributed by atoms with Gasteiger partial charge in [0.2, 0.25) is 20.9 Å². The van der Waals surface area contributed by atoms with Gasteiger partial charge in [0.05, 0.1) is 5.75 Å². The van der Waals surface area contributed by atoms with Crippen molar-refractivity contribution >= 4 is 32.6 Å². The number of carbonyl (C=O) groups is 1. The third kappa shape index (κ3) is 3.63. The molecule has 0 aliphatic heterocycles. The van der Waals surface area contributed by atoms with Gasteiger partial charge < -0.3 is 9.88 Å². The summed E-state index contributed by atoms with van der Waals surface area (Å²) in [7, 11) is -0.167. The first-order valence-electron chi connectivity index (χ1n) is 8.54. The Balaban J connectivity index is 1.87. The molecule has 1 amide bonds. The third-order valence-electron chi connectivity index (χ3n) is 4.50. The van der Waals surface area contributed by atoms with Crippen LogP contribution in [0.15, 0.2) is 32.9 Å². The summed E-state index contributed by atoms with van der Waals surface area (Å²) in [6.07, 6.45) is -0.499. The number of aryl methyl sites for hydroxylation is 2. The molecule has 0 saturated heterocycles. The molecule has 0 unspecified atom stereocenters. The number of nitrogens with zero attached hydrogens (tertiary/aromatic N) is 4. The Morgan fingerprint density at radius 1 is 1.07 bits per heavy atom. The van der Waals surface area contributed by atoms with Crippen LogP contribution < -0.4 is 16.6 Å². The molecule has 3 aromatic rings. The predicted octanol–water partition coefficient (Wildman–Crippen LogP) is 0.0514. The molecule has 0 spiro atoms. The zero-order valence-electron chi connectivity index (χ0n) is 16.1. The Morgan fingerprint density at radius 3 is 2.37 bits per heavy atom. The summed E-state index contributed by atoms with van der Waals surface area (Å²) in [5.74, 6) is -3.65. The molecule has 13 heteroatoms. The highest BCUT2D eigenvalue weighted by Crippen LogP contribution is 2.17. The number of hydrogen-bond acceptors (Lipinski definition) is 6. The topological polar surface area (TPSA) is 125 Å². The highest BCUT2D eigenvalue weighted by molar-refractivity contribution is 7.91. The van der Waals surface area contributed by atoms with Crippen LogP contribution in [0.1, 0.15) is 6.42 Å². The van der Waals surface area contributed by atoms with E-state index in [0.29, 0.717) is 0 Å². The van der Waals surface area contributed by atoms with E-state index in [-0.39, 0.29) is 16.9 Å². The van der Waals surface area contributed by atoms with Crippen LogP contribution in [0.4, 0.5) is 14.5 Å². The normalized spacial score (nSPS) is 11.8. The van der Waals surface area contributed by atoms with Crippen molar-refractivity contribution < 1.29 is 22.0 Å². The minimum atomic E-state index is -4.12. The van der Waals surface area contributed by atoms with Crippen LogP contribution in [-0.2, 0) is 35.8 Å². The quantitative estimate of drug-likeness (QED) is 0.597. The summed E-state index contributed by atoms with van der Waals surface area (Å²) < 4.78 is 54.6. The van der Waals surface area contributed by atoms with Crippen LogP contribution >= 0.6 is 0 Å². The maximum absolute atomic E-state index is 13.2. The molecule has 1 N–H and O–H groups in total. The number of halogens is 2.